The van der Waals surface area contributed by atoms with Gasteiger partial charge in [-0.2, -0.15) is 5.10 Å². The van der Waals surface area contributed by atoms with E-state index in [0.717, 1.165) is 5.56 Å². The molecule has 0 unspecified atom stereocenters. The van der Waals surface area contributed by atoms with Crippen LogP contribution in [0.25, 0.3) is 16.9 Å². The predicted molar refractivity (Wildman–Crippen MR) is 77.4 cm³/mol. The summed E-state index contributed by atoms with van der Waals surface area (Å²) in [5.74, 6) is 1.33. The van der Waals surface area contributed by atoms with E-state index in [4.69, 9.17) is 9.47 Å². The molecular weight excluding hydrogens is 270 g/mol. The summed E-state index contributed by atoms with van der Waals surface area (Å²) in [4.78, 5) is 4.26. The third-order valence-corrected chi connectivity index (χ3v) is 3.27. The van der Waals surface area contributed by atoms with Gasteiger partial charge in [-0.25, -0.2) is 9.50 Å². The second kappa shape index (κ2) is 5.41. The van der Waals surface area contributed by atoms with Gasteiger partial charge in [0.1, 0.15) is 17.2 Å². The summed E-state index contributed by atoms with van der Waals surface area (Å²) in [7, 11) is 3.19. The number of ether oxygens (including phenoxy) is 2. The van der Waals surface area contributed by atoms with Crippen molar-refractivity contribution < 1.29 is 14.6 Å². The van der Waals surface area contributed by atoms with Crippen molar-refractivity contribution in [1.82, 2.24) is 14.6 Å². The molecule has 0 spiro atoms. The summed E-state index contributed by atoms with van der Waals surface area (Å²) >= 11 is 0. The van der Waals surface area contributed by atoms with Crippen molar-refractivity contribution in [3.63, 3.8) is 0 Å². The maximum atomic E-state index is 9.66. The minimum absolute atomic E-state index is 0.143. The Kier molecular flexibility index (Phi) is 3.45. The van der Waals surface area contributed by atoms with Crippen LogP contribution in [0.3, 0.4) is 0 Å². The number of fused-ring (bicyclic) bond motifs is 1. The second-order valence-corrected chi connectivity index (χ2v) is 4.47. The zero-order valence-corrected chi connectivity index (χ0v) is 11.8. The van der Waals surface area contributed by atoms with E-state index in [9.17, 15) is 5.11 Å². The quantitative estimate of drug-likeness (QED) is 0.793. The number of hydrogen-bond acceptors (Lipinski definition) is 5. The van der Waals surface area contributed by atoms with Crippen molar-refractivity contribution in [2.24, 2.45) is 0 Å². The van der Waals surface area contributed by atoms with Crippen molar-refractivity contribution in [3.05, 3.63) is 42.2 Å². The molecule has 1 aromatic carbocycles. The zero-order chi connectivity index (χ0) is 14.8. The number of hydrogen-bond donors (Lipinski definition) is 1. The molecule has 21 heavy (non-hydrogen) atoms. The maximum Gasteiger partial charge on any atom is 0.161 e. The van der Waals surface area contributed by atoms with Gasteiger partial charge in [0, 0.05) is 24.0 Å². The van der Waals surface area contributed by atoms with Crippen LogP contribution < -0.4 is 9.47 Å². The van der Waals surface area contributed by atoms with Crippen LogP contribution in [-0.4, -0.2) is 33.9 Å². The number of rotatable bonds is 4. The summed E-state index contributed by atoms with van der Waals surface area (Å²) in [5, 5.41) is 14.2. The van der Waals surface area contributed by atoms with Gasteiger partial charge in [-0.3, -0.25) is 0 Å². The Balaban J connectivity index is 2.24. The first-order valence-corrected chi connectivity index (χ1v) is 6.43. The smallest absolute Gasteiger partial charge is 0.161 e. The van der Waals surface area contributed by atoms with Crippen molar-refractivity contribution in [2.45, 2.75) is 6.61 Å². The molecule has 0 fully saturated rings. The highest BCUT2D eigenvalue weighted by Gasteiger charge is 2.16. The molecule has 6 heteroatoms. The molecule has 0 saturated heterocycles. The zero-order valence-electron chi connectivity index (χ0n) is 11.8. The Labute approximate surface area is 121 Å². The second-order valence-electron chi connectivity index (χ2n) is 4.47. The minimum atomic E-state index is -0.143. The van der Waals surface area contributed by atoms with Gasteiger partial charge in [0.05, 0.1) is 26.4 Å². The standard InChI is InChI=1S/C15H15N3O3/c1-20-11-6-10(7-12(8-11)21-2)14-13(9-19)15-16-4-3-5-18(15)17-14/h3-8,19H,9H2,1-2H3. The lowest BCUT2D eigenvalue weighted by Crippen LogP contribution is -1.91. The van der Waals surface area contributed by atoms with E-state index in [0.29, 0.717) is 28.4 Å². The van der Waals surface area contributed by atoms with Crippen LogP contribution in [0.5, 0.6) is 11.5 Å². The van der Waals surface area contributed by atoms with Gasteiger partial charge in [0.25, 0.3) is 0 Å². The average Bonchev–Trinajstić information content (AvgIpc) is 2.92. The van der Waals surface area contributed by atoms with E-state index in [2.05, 4.69) is 10.1 Å². The molecule has 0 aliphatic carbocycles. The molecule has 2 heterocycles. The lowest BCUT2D eigenvalue weighted by molar-refractivity contribution is 0.283. The van der Waals surface area contributed by atoms with Crippen LogP contribution in [-0.2, 0) is 6.61 Å². The fraction of sp³-hybridized carbons (Fsp3) is 0.200. The van der Waals surface area contributed by atoms with E-state index in [-0.39, 0.29) is 6.61 Å². The Morgan fingerprint density at radius 1 is 1.14 bits per heavy atom. The fourth-order valence-corrected chi connectivity index (χ4v) is 2.26. The van der Waals surface area contributed by atoms with E-state index in [1.165, 1.54) is 0 Å². The molecule has 0 radical (unpaired) electrons. The van der Waals surface area contributed by atoms with Crippen LogP contribution in [0.15, 0.2) is 36.7 Å². The molecule has 3 aromatic rings. The molecule has 0 aliphatic heterocycles. The Bertz CT molecular complexity index is 761. The number of nitrogens with zero attached hydrogens (tertiary/aromatic N) is 3. The first-order valence-electron chi connectivity index (χ1n) is 6.43. The highest BCUT2D eigenvalue weighted by Crippen LogP contribution is 2.32. The van der Waals surface area contributed by atoms with Crippen LogP contribution in [0, 0.1) is 0 Å². The molecule has 3 rings (SSSR count). The lowest BCUT2D eigenvalue weighted by atomic mass is 10.1. The van der Waals surface area contributed by atoms with Crippen molar-refractivity contribution in [1.29, 1.82) is 0 Å². The van der Waals surface area contributed by atoms with E-state index in [1.807, 2.05) is 12.1 Å². The SMILES string of the molecule is COc1cc(OC)cc(-c2nn3cccnc3c2CO)c1. The highest BCUT2D eigenvalue weighted by molar-refractivity contribution is 5.72. The molecule has 0 atom stereocenters. The van der Waals surface area contributed by atoms with E-state index < -0.39 is 0 Å². The summed E-state index contributed by atoms with van der Waals surface area (Å²) in [5.41, 5.74) is 2.77. The van der Waals surface area contributed by atoms with Crippen molar-refractivity contribution in [3.8, 4) is 22.8 Å². The topological polar surface area (TPSA) is 68.9 Å². The highest BCUT2D eigenvalue weighted by atomic mass is 16.5. The van der Waals surface area contributed by atoms with Crippen LogP contribution in [0.1, 0.15) is 5.56 Å². The minimum Gasteiger partial charge on any atom is -0.497 e. The van der Waals surface area contributed by atoms with E-state index >= 15 is 0 Å². The predicted octanol–water partition coefficient (Wildman–Crippen LogP) is 1.91. The molecular formula is C15H15N3O3. The summed E-state index contributed by atoms with van der Waals surface area (Å²) in [6.07, 6.45) is 3.47. The first kappa shape index (κ1) is 13.4. The number of methoxy groups -OCH3 is 2. The monoisotopic (exact) mass is 285 g/mol. The normalized spacial score (nSPS) is 10.8. The molecule has 6 nitrogen and oxygen atoms in total. The summed E-state index contributed by atoms with van der Waals surface area (Å²) in [6.45, 7) is -0.143. The third-order valence-electron chi connectivity index (χ3n) is 3.27. The van der Waals surface area contributed by atoms with Gasteiger partial charge in [-0.15, -0.1) is 0 Å². The molecule has 2 aromatic heterocycles. The largest absolute Gasteiger partial charge is 0.497 e. The van der Waals surface area contributed by atoms with Crippen LogP contribution >= 0.6 is 0 Å². The fourth-order valence-electron chi connectivity index (χ4n) is 2.26. The van der Waals surface area contributed by atoms with Gasteiger partial charge in [-0.1, -0.05) is 0 Å². The van der Waals surface area contributed by atoms with Crippen molar-refractivity contribution in [2.75, 3.05) is 14.2 Å². The lowest BCUT2D eigenvalue weighted by Gasteiger charge is -2.07. The van der Waals surface area contributed by atoms with Gasteiger partial charge in [0.2, 0.25) is 0 Å². The van der Waals surface area contributed by atoms with Crippen molar-refractivity contribution >= 4 is 5.65 Å². The number of aliphatic hydroxyl groups excluding tert-OH is 1. The molecule has 108 valence electrons. The molecule has 0 amide bonds. The number of aromatic nitrogens is 3. The van der Waals surface area contributed by atoms with Gasteiger partial charge in [0.15, 0.2) is 5.65 Å². The Morgan fingerprint density at radius 3 is 2.48 bits per heavy atom. The number of aliphatic hydroxyl groups is 1. The van der Waals surface area contributed by atoms with E-state index in [1.54, 1.807) is 43.3 Å². The van der Waals surface area contributed by atoms with Crippen LogP contribution in [0.2, 0.25) is 0 Å². The number of benzene rings is 1. The molecule has 0 bridgehead atoms. The third kappa shape index (κ3) is 2.30. The molecule has 0 saturated carbocycles. The molecule has 1 N–H and O–H groups in total. The summed E-state index contributed by atoms with van der Waals surface area (Å²) in [6, 6.07) is 7.28. The maximum absolute atomic E-state index is 9.66. The summed E-state index contributed by atoms with van der Waals surface area (Å²) < 4.78 is 12.2. The van der Waals surface area contributed by atoms with Crippen LogP contribution in [0.4, 0.5) is 0 Å². The van der Waals surface area contributed by atoms with Gasteiger partial charge >= 0.3 is 0 Å². The first-order chi connectivity index (χ1) is 10.3. The Hall–Kier alpha value is -2.60. The molecule has 0 aliphatic rings. The van der Waals surface area contributed by atoms with Gasteiger partial charge in [-0.05, 0) is 18.2 Å². The average molecular weight is 285 g/mol. The Morgan fingerprint density at radius 2 is 1.86 bits per heavy atom. The van der Waals surface area contributed by atoms with Gasteiger partial charge < -0.3 is 14.6 Å².